The number of carboxylic acid groups (broad SMARTS) is 1. The van der Waals surface area contributed by atoms with E-state index in [1.165, 1.54) is 19.2 Å². The van der Waals surface area contributed by atoms with Crippen LogP contribution in [0.2, 0.25) is 5.02 Å². The van der Waals surface area contributed by atoms with Gasteiger partial charge in [-0.1, -0.05) is 11.6 Å². The molecule has 0 aliphatic carbocycles. The number of ether oxygens (including phenoxy) is 1. The van der Waals surface area contributed by atoms with Gasteiger partial charge in [-0.25, -0.2) is 4.79 Å². The fourth-order valence-corrected chi connectivity index (χ4v) is 2.86. The first-order valence-corrected chi connectivity index (χ1v) is 8.38. The highest BCUT2D eigenvalue weighted by Gasteiger charge is 2.13. The van der Waals surface area contributed by atoms with Gasteiger partial charge in [-0.05, 0) is 64.5 Å². The zero-order valence-corrected chi connectivity index (χ0v) is 16.0. The normalized spacial score (nSPS) is 10.0. The Hall–Kier alpha value is -2.16. The van der Waals surface area contributed by atoms with Crippen LogP contribution >= 0.6 is 39.7 Å². The Labute approximate surface area is 162 Å². The molecule has 1 amide bonds. The molecule has 3 N–H and O–H groups in total. The third-order valence-electron chi connectivity index (χ3n) is 3.10. The molecule has 0 atom stereocenters. The molecule has 9 heteroatoms. The van der Waals surface area contributed by atoms with E-state index in [0.29, 0.717) is 21.5 Å². The summed E-state index contributed by atoms with van der Waals surface area (Å²) in [6, 6.07) is 9.14. The van der Waals surface area contributed by atoms with E-state index in [9.17, 15) is 9.59 Å². The van der Waals surface area contributed by atoms with Crippen LogP contribution in [0.1, 0.15) is 20.7 Å². The second-order valence-electron chi connectivity index (χ2n) is 4.76. The van der Waals surface area contributed by atoms with E-state index in [0.717, 1.165) is 0 Å². The number of benzene rings is 2. The minimum absolute atomic E-state index is 0.0237. The number of anilines is 1. The topological polar surface area (TPSA) is 87.7 Å². The molecule has 25 heavy (non-hydrogen) atoms. The van der Waals surface area contributed by atoms with E-state index in [1.807, 2.05) is 0 Å². The number of hydrogen-bond donors (Lipinski definition) is 3. The Kier molecular flexibility index (Phi) is 6.35. The molecule has 0 aliphatic rings. The van der Waals surface area contributed by atoms with E-state index in [2.05, 4.69) is 26.6 Å². The molecule has 0 radical (unpaired) electrons. The van der Waals surface area contributed by atoms with Gasteiger partial charge in [0, 0.05) is 11.3 Å². The van der Waals surface area contributed by atoms with Crippen molar-refractivity contribution in [2.75, 3.05) is 12.4 Å². The summed E-state index contributed by atoms with van der Waals surface area (Å²) in [7, 11) is 1.52. The summed E-state index contributed by atoms with van der Waals surface area (Å²) in [6.45, 7) is 0. The predicted molar refractivity (Wildman–Crippen MR) is 103 cm³/mol. The van der Waals surface area contributed by atoms with Crippen LogP contribution < -0.4 is 15.4 Å². The lowest BCUT2D eigenvalue weighted by atomic mass is 10.2. The molecular formula is C16H12BrClN2O4S. The highest BCUT2D eigenvalue weighted by Crippen LogP contribution is 2.25. The Balaban J connectivity index is 2.07. The Morgan fingerprint density at radius 3 is 2.56 bits per heavy atom. The molecule has 130 valence electrons. The van der Waals surface area contributed by atoms with Crippen LogP contribution in [0.15, 0.2) is 40.9 Å². The number of amides is 1. The number of aromatic carboxylic acids is 1. The Morgan fingerprint density at radius 1 is 1.24 bits per heavy atom. The SMILES string of the molecule is COc1ccc(C(=O)NC(=S)Nc2ccc(Cl)c(C(=O)O)c2)cc1Br. The van der Waals surface area contributed by atoms with E-state index >= 15 is 0 Å². The van der Waals surface area contributed by atoms with Crippen LogP contribution in [0.5, 0.6) is 5.75 Å². The number of thiocarbonyl (C=S) groups is 1. The van der Waals surface area contributed by atoms with Gasteiger partial charge in [0.2, 0.25) is 0 Å². The molecule has 2 rings (SSSR count). The average Bonchev–Trinajstić information content (AvgIpc) is 2.56. The molecule has 0 saturated heterocycles. The molecule has 2 aromatic carbocycles. The van der Waals surface area contributed by atoms with Gasteiger partial charge in [0.15, 0.2) is 5.11 Å². The fourth-order valence-electron chi connectivity index (χ4n) is 1.91. The van der Waals surface area contributed by atoms with Crippen molar-refractivity contribution in [2.45, 2.75) is 0 Å². The van der Waals surface area contributed by atoms with E-state index < -0.39 is 11.9 Å². The van der Waals surface area contributed by atoms with Crippen molar-refractivity contribution in [3.05, 3.63) is 57.0 Å². The number of nitrogens with one attached hydrogen (secondary N) is 2. The summed E-state index contributed by atoms with van der Waals surface area (Å²) < 4.78 is 5.73. The summed E-state index contributed by atoms with van der Waals surface area (Å²) in [5.41, 5.74) is 0.696. The van der Waals surface area contributed by atoms with Gasteiger partial charge in [0.1, 0.15) is 5.75 Å². The minimum atomic E-state index is -1.16. The van der Waals surface area contributed by atoms with Crippen LogP contribution in [-0.4, -0.2) is 29.2 Å². The van der Waals surface area contributed by atoms with Crippen molar-refractivity contribution in [3.63, 3.8) is 0 Å². The molecule has 0 heterocycles. The van der Waals surface area contributed by atoms with Gasteiger partial charge < -0.3 is 15.2 Å². The molecular weight excluding hydrogens is 432 g/mol. The van der Waals surface area contributed by atoms with Crippen LogP contribution in [0.3, 0.4) is 0 Å². The largest absolute Gasteiger partial charge is 0.496 e. The third kappa shape index (κ3) is 4.91. The Morgan fingerprint density at radius 2 is 1.96 bits per heavy atom. The number of methoxy groups -OCH3 is 1. The van der Waals surface area contributed by atoms with Crippen molar-refractivity contribution < 1.29 is 19.4 Å². The fraction of sp³-hybridized carbons (Fsp3) is 0.0625. The van der Waals surface area contributed by atoms with Crippen molar-refractivity contribution in [3.8, 4) is 5.75 Å². The summed E-state index contributed by atoms with van der Waals surface area (Å²) in [4.78, 5) is 23.3. The van der Waals surface area contributed by atoms with Gasteiger partial charge in [0.25, 0.3) is 5.91 Å². The molecule has 0 fully saturated rings. The highest BCUT2D eigenvalue weighted by atomic mass is 79.9. The van der Waals surface area contributed by atoms with Crippen LogP contribution in [-0.2, 0) is 0 Å². The van der Waals surface area contributed by atoms with Crippen molar-refractivity contribution in [1.82, 2.24) is 5.32 Å². The number of rotatable bonds is 4. The van der Waals surface area contributed by atoms with Gasteiger partial charge in [-0.15, -0.1) is 0 Å². The van der Waals surface area contributed by atoms with Gasteiger partial charge in [-0.3, -0.25) is 10.1 Å². The highest BCUT2D eigenvalue weighted by molar-refractivity contribution is 9.10. The first-order chi connectivity index (χ1) is 11.8. The number of carboxylic acids is 1. The van der Waals surface area contributed by atoms with E-state index in [1.54, 1.807) is 24.3 Å². The maximum absolute atomic E-state index is 12.2. The van der Waals surface area contributed by atoms with Crippen molar-refractivity contribution in [1.29, 1.82) is 0 Å². The van der Waals surface area contributed by atoms with Crippen molar-refractivity contribution >= 4 is 62.4 Å². The monoisotopic (exact) mass is 442 g/mol. The summed E-state index contributed by atoms with van der Waals surface area (Å²) in [6.07, 6.45) is 0. The summed E-state index contributed by atoms with van der Waals surface area (Å²) >= 11 is 14.2. The number of hydrogen-bond acceptors (Lipinski definition) is 4. The number of halogens is 2. The molecule has 0 spiro atoms. The summed E-state index contributed by atoms with van der Waals surface area (Å²) in [5.74, 6) is -0.987. The lowest BCUT2D eigenvalue weighted by Gasteiger charge is -2.11. The molecule has 6 nitrogen and oxygen atoms in total. The summed E-state index contributed by atoms with van der Waals surface area (Å²) in [5, 5.41) is 14.4. The smallest absolute Gasteiger partial charge is 0.337 e. The molecule has 0 unspecified atom stereocenters. The zero-order chi connectivity index (χ0) is 18.6. The molecule has 0 saturated carbocycles. The molecule has 0 aliphatic heterocycles. The lowest BCUT2D eigenvalue weighted by Crippen LogP contribution is -2.34. The third-order valence-corrected chi connectivity index (χ3v) is 4.25. The zero-order valence-electron chi connectivity index (χ0n) is 12.8. The van der Waals surface area contributed by atoms with E-state index in [4.69, 9.17) is 33.7 Å². The maximum Gasteiger partial charge on any atom is 0.337 e. The first-order valence-electron chi connectivity index (χ1n) is 6.80. The van der Waals surface area contributed by atoms with Gasteiger partial charge in [0.05, 0.1) is 22.2 Å². The van der Waals surface area contributed by atoms with Crippen LogP contribution in [0.25, 0.3) is 0 Å². The van der Waals surface area contributed by atoms with Crippen LogP contribution in [0.4, 0.5) is 5.69 Å². The second-order valence-corrected chi connectivity index (χ2v) is 6.43. The first kappa shape index (κ1) is 19.2. The average molecular weight is 444 g/mol. The van der Waals surface area contributed by atoms with Crippen molar-refractivity contribution in [2.24, 2.45) is 0 Å². The standard InChI is InChI=1S/C16H12BrClN2O4S/c1-24-13-5-2-8(6-11(13)17)14(21)20-16(25)19-9-3-4-12(18)10(7-9)15(22)23/h2-7H,1H3,(H,22,23)(H2,19,20,21,25). The number of carbonyl (C=O) groups excluding carboxylic acids is 1. The van der Waals surface area contributed by atoms with Gasteiger partial charge >= 0.3 is 5.97 Å². The van der Waals surface area contributed by atoms with Crippen LogP contribution in [0, 0.1) is 0 Å². The predicted octanol–water partition coefficient (Wildman–Crippen LogP) is 3.94. The molecule has 0 aromatic heterocycles. The second kappa shape index (κ2) is 8.28. The molecule has 2 aromatic rings. The minimum Gasteiger partial charge on any atom is -0.496 e. The number of carbonyl (C=O) groups is 2. The Bertz CT molecular complexity index is 860. The van der Waals surface area contributed by atoms with Gasteiger partial charge in [-0.2, -0.15) is 0 Å². The maximum atomic E-state index is 12.2. The van der Waals surface area contributed by atoms with E-state index in [-0.39, 0.29) is 15.7 Å². The molecule has 0 bridgehead atoms. The quantitative estimate of drug-likeness (QED) is 0.621. The lowest BCUT2D eigenvalue weighted by molar-refractivity contribution is 0.0697.